The summed E-state index contributed by atoms with van der Waals surface area (Å²) >= 11 is 1.87. The molecule has 1 aromatic heterocycles. The Labute approximate surface area is 120 Å². The summed E-state index contributed by atoms with van der Waals surface area (Å²) in [6.07, 6.45) is 4.39. The molecule has 0 aliphatic heterocycles. The number of hydrogen-bond acceptors (Lipinski definition) is 5. The van der Waals surface area contributed by atoms with Crippen molar-refractivity contribution in [3.63, 3.8) is 0 Å². The Morgan fingerprint density at radius 3 is 2.63 bits per heavy atom. The smallest absolute Gasteiger partial charge is 0.229 e. The van der Waals surface area contributed by atoms with Crippen LogP contribution in [-0.2, 0) is 5.75 Å². The van der Waals surface area contributed by atoms with Crippen LogP contribution in [0.1, 0.15) is 71.0 Å². The third-order valence-corrected chi connectivity index (χ3v) is 4.60. The Morgan fingerprint density at radius 1 is 1.26 bits per heavy atom. The van der Waals surface area contributed by atoms with Crippen LogP contribution in [0.15, 0.2) is 4.52 Å². The standard InChI is InChI=1S/C14H27N3OS/c1-5-12(4)19-9-13-16-14(18-17-13)10(2)7-6-8-11(3)15/h10-12H,5-9,15H2,1-4H3. The second-order valence-corrected chi connectivity index (χ2v) is 6.81. The molecule has 110 valence electrons. The predicted octanol–water partition coefficient (Wildman–Crippen LogP) is 3.72. The molecule has 0 radical (unpaired) electrons. The molecular weight excluding hydrogens is 258 g/mol. The number of aromatic nitrogens is 2. The van der Waals surface area contributed by atoms with Crippen LogP contribution in [-0.4, -0.2) is 21.4 Å². The minimum Gasteiger partial charge on any atom is -0.339 e. The van der Waals surface area contributed by atoms with Gasteiger partial charge in [0.2, 0.25) is 5.89 Å². The molecule has 3 atom stereocenters. The highest BCUT2D eigenvalue weighted by molar-refractivity contribution is 7.99. The van der Waals surface area contributed by atoms with Gasteiger partial charge in [0.1, 0.15) is 0 Å². The summed E-state index contributed by atoms with van der Waals surface area (Å²) in [6.45, 7) is 8.60. The Balaban J connectivity index is 2.36. The van der Waals surface area contributed by atoms with E-state index in [1.165, 1.54) is 6.42 Å². The van der Waals surface area contributed by atoms with Crippen LogP contribution in [0.2, 0.25) is 0 Å². The first-order valence-corrected chi connectivity index (χ1v) is 8.27. The quantitative estimate of drug-likeness (QED) is 0.749. The average molecular weight is 285 g/mol. The van der Waals surface area contributed by atoms with Gasteiger partial charge in [-0.3, -0.25) is 0 Å². The topological polar surface area (TPSA) is 64.9 Å². The van der Waals surface area contributed by atoms with Gasteiger partial charge in [0, 0.05) is 17.2 Å². The van der Waals surface area contributed by atoms with Crippen molar-refractivity contribution in [3.8, 4) is 0 Å². The Kier molecular flexibility index (Phi) is 7.46. The highest BCUT2D eigenvalue weighted by Gasteiger charge is 2.14. The highest BCUT2D eigenvalue weighted by Crippen LogP contribution is 2.22. The van der Waals surface area contributed by atoms with Crippen molar-refractivity contribution in [2.45, 2.75) is 76.3 Å². The van der Waals surface area contributed by atoms with Crippen molar-refractivity contribution >= 4 is 11.8 Å². The van der Waals surface area contributed by atoms with Crippen molar-refractivity contribution in [1.29, 1.82) is 0 Å². The van der Waals surface area contributed by atoms with Gasteiger partial charge in [0.25, 0.3) is 0 Å². The van der Waals surface area contributed by atoms with Crippen molar-refractivity contribution < 1.29 is 4.52 Å². The lowest BCUT2D eigenvalue weighted by molar-refractivity contribution is 0.347. The molecule has 0 saturated heterocycles. The Bertz CT molecular complexity index is 354. The van der Waals surface area contributed by atoms with Gasteiger partial charge in [-0.15, -0.1) is 0 Å². The summed E-state index contributed by atoms with van der Waals surface area (Å²) in [5.74, 6) is 2.75. The van der Waals surface area contributed by atoms with E-state index in [-0.39, 0.29) is 6.04 Å². The molecule has 0 saturated carbocycles. The van der Waals surface area contributed by atoms with E-state index in [9.17, 15) is 0 Å². The lowest BCUT2D eigenvalue weighted by Crippen LogP contribution is -2.14. The Hall–Kier alpha value is -0.550. The maximum absolute atomic E-state index is 5.75. The fraction of sp³-hybridized carbons (Fsp3) is 0.857. The summed E-state index contributed by atoms with van der Waals surface area (Å²) in [7, 11) is 0. The van der Waals surface area contributed by atoms with Gasteiger partial charge in [-0.25, -0.2) is 0 Å². The molecule has 0 aliphatic carbocycles. The van der Waals surface area contributed by atoms with Gasteiger partial charge in [-0.1, -0.05) is 32.3 Å². The van der Waals surface area contributed by atoms with Crippen molar-refractivity contribution in [2.24, 2.45) is 5.73 Å². The minimum atomic E-state index is 0.275. The second kappa shape index (κ2) is 8.59. The van der Waals surface area contributed by atoms with Gasteiger partial charge in [-0.05, 0) is 26.2 Å². The van der Waals surface area contributed by atoms with Gasteiger partial charge >= 0.3 is 0 Å². The molecule has 0 spiro atoms. The number of nitrogens with two attached hydrogens (primary N) is 1. The molecule has 1 rings (SSSR count). The van der Waals surface area contributed by atoms with Crippen LogP contribution >= 0.6 is 11.8 Å². The summed E-state index contributed by atoms with van der Waals surface area (Å²) < 4.78 is 5.34. The fourth-order valence-electron chi connectivity index (χ4n) is 1.73. The van der Waals surface area contributed by atoms with E-state index in [4.69, 9.17) is 10.3 Å². The fourth-order valence-corrected chi connectivity index (χ4v) is 2.52. The molecular formula is C14H27N3OS. The van der Waals surface area contributed by atoms with Crippen LogP contribution in [0.25, 0.3) is 0 Å². The third-order valence-electron chi connectivity index (χ3n) is 3.27. The van der Waals surface area contributed by atoms with Gasteiger partial charge in [0.15, 0.2) is 5.82 Å². The van der Waals surface area contributed by atoms with E-state index < -0.39 is 0 Å². The van der Waals surface area contributed by atoms with E-state index >= 15 is 0 Å². The molecule has 0 aliphatic rings. The summed E-state index contributed by atoms with van der Waals surface area (Å²) in [4.78, 5) is 4.48. The zero-order chi connectivity index (χ0) is 14.3. The van der Waals surface area contributed by atoms with Crippen LogP contribution in [0.5, 0.6) is 0 Å². The van der Waals surface area contributed by atoms with E-state index in [1.54, 1.807) is 0 Å². The molecule has 1 heterocycles. The monoisotopic (exact) mass is 285 g/mol. The van der Waals surface area contributed by atoms with E-state index in [2.05, 4.69) is 30.9 Å². The summed E-state index contributed by atoms with van der Waals surface area (Å²) in [6, 6.07) is 0.275. The maximum atomic E-state index is 5.75. The number of rotatable bonds is 9. The second-order valence-electron chi connectivity index (χ2n) is 5.39. The molecule has 4 nitrogen and oxygen atoms in total. The molecule has 0 bridgehead atoms. The lowest BCUT2D eigenvalue weighted by Gasteiger charge is -2.07. The van der Waals surface area contributed by atoms with Crippen molar-refractivity contribution in [3.05, 3.63) is 11.7 Å². The highest BCUT2D eigenvalue weighted by atomic mass is 32.2. The maximum Gasteiger partial charge on any atom is 0.229 e. The lowest BCUT2D eigenvalue weighted by atomic mass is 10.0. The van der Waals surface area contributed by atoms with E-state index in [0.717, 1.165) is 36.7 Å². The molecule has 5 heteroatoms. The molecule has 0 aromatic carbocycles. The van der Waals surface area contributed by atoms with Crippen molar-refractivity contribution in [1.82, 2.24) is 10.1 Å². The molecule has 0 amide bonds. The zero-order valence-corrected chi connectivity index (χ0v) is 13.4. The summed E-state index contributed by atoms with van der Waals surface area (Å²) in [5.41, 5.74) is 5.75. The largest absolute Gasteiger partial charge is 0.339 e. The van der Waals surface area contributed by atoms with Gasteiger partial charge in [-0.2, -0.15) is 16.7 Å². The predicted molar refractivity (Wildman–Crippen MR) is 81.3 cm³/mol. The molecule has 1 aromatic rings. The van der Waals surface area contributed by atoms with Gasteiger partial charge in [0.05, 0.1) is 5.75 Å². The molecule has 19 heavy (non-hydrogen) atoms. The average Bonchev–Trinajstić information content (AvgIpc) is 2.84. The van der Waals surface area contributed by atoms with Crippen LogP contribution < -0.4 is 5.73 Å². The van der Waals surface area contributed by atoms with Gasteiger partial charge < -0.3 is 10.3 Å². The van der Waals surface area contributed by atoms with Crippen molar-refractivity contribution in [2.75, 3.05) is 0 Å². The van der Waals surface area contributed by atoms with E-state index in [1.807, 2.05) is 18.7 Å². The van der Waals surface area contributed by atoms with Crippen LogP contribution in [0, 0.1) is 0 Å². The molecule has 3 unspecified atom stereocenters. The minimum absolute atomic E-state index is 0.275. The number of nitrogens with zero attached hydrogens (tertiary/aromatic N) is 2. The van der Waals surface area contributed by atoms with E-state index in [0.29, 0.717) is 11.2 Å². The molecule has 0 fully saturated rings. The van der Waals surface area contributed by atoms with Crippen LogP contribution in [0.3, 0.4) is 0 Å². The third kappa shape index (κ3) is 6.43. The van der Waals surface area contributed by atoms with Crippen LogP contribution in [0.4, 0.5) is 0 Å². The zero-order valence-electron chi connectivity index (χ0n) is 12.6. The molecule has 2 N–H and O–H groups in total. The summed E-state index contributed by atoms with van der Waals surface area (Å²) in [5, 5.41) is 4.70. The number of thioether (sulfide) groups is 1. The SMILES string of the molecule is CCC(C)SCc1noc(C(C)CCCC(C)N)n1. The first-order chi connectivity index (χ1) is 9.02. The first kappa shape index (κ1) is 16.5. The number of hydrogen-bond donors (Lipinski definition) is 1. The first-order valence-electron chi connectivity index (χ1n) is 7.22. The normalized spacial score (nSPS) is 16.3. The Morgan fingerprint density at radius 2 is 2.00 bits per heavy atom.